The average Bonchev–Trinajstić information content (AvgIpc) is 2.33. The first-order valence-electron chi connectivity index (χ1n) is 5.70. The molecule has 1 aromatic heterocycles. The number of anilines is 1. The number of hydrogen-bond donors (Lipinski definition) is 2. The van der Waals surface area contributed by atoms with Gasteiger partial charge in [0.05, 0.1) is 18.9 Å². The van der Waals surface area contributed by atoms with Crippen LogP contribution in [0.25, 0.3) is 0 Å². The smallest absolute Gasteiger partial charge is 0.148 e. The summed E-state index contributed by atoms with van der Waals surface area (Å²) in [6, 6.07) is 4.37. The topological polar surface area (TPSA) is 59.1 Å². The monoisotopic (exact) mass is 222 g/mol. The molecular weight excluding hydrogens is 204 g/mol. The highest BCUT2D eigenvalue weighted by Crippen LogP contribution is 2.03. The van der Waals surface area contributed by atoms with Crippen molar-refractivity contribution in [2.75, 3.05) is 31.6 Å². The molecule has 0 aliphatic carbocycles. The zero-order chi connectivity index (χ0) is 11.2. The van der Waals surface area contributed by atoms with E-state index in [1.165, 1.54) is 0 Å². The van der Waals surface area contributed by atoms with Gasteiger partial charge < -0.3 is 15.4 Å². The van der Waals surface area contributed by atoms with Crippen molar-refractivity contribution >= 4 is 5.82 Å². The third kappa shape index (κ3) is 3.43. The molecule has 1 unspecified atom stereocenters. The van der Waals surface area contributed by atoms with Crippen molar-refractivity contribution in [3.8, 4) is 0 Å². The Morgan fingerprint density at radius 1 is 1.50 bits per heavy atom. The summed E-state index contributed by atoms with van der Waals surface area (Å²) in [5.74, 6) is 0.835. The first-order chi connectivity index (χ1) is 7.84. The molecule has 1 saturated heterocycles. The molecule has 1 atom stereocenters. The van der Waals surface area contributed by atoms with Crippen molar-refractivity contribution in [3.63, 3.8) is 0 Å². The van der Waals surface area contributed by atoms with Crippen LogP contribution in [0.15, 0.2) is 12.1 Å². The summed E-state index contributed by atoms with van der Waals surface area (Å²) in [6.45, 7) is 5.41. The van der Waals surface area contributed by atoms with Crippen LogP contribution in [0.3, 0.4) is 0 Å². The molecule has 1 aliphatic heterocycles. The second-order valence-corrected chi connectivity index (χ2v) is 4.00. The van der Waals surface area contributed by atoms with E-state index in [0.717, 1.165) is 44.2 Å². The predicted octanol–water partition coefficient (Wildman–Crippen LogP) is 0.575. The Bertz CT molecular complexity index is 308. The minimum Gasteiger partial charge on any atom is -0.379 e. The number of rotatable bonds is 4. The molecule has 1 aromatic rings. The first kappa shape index (κ1) is 11.3. The van der Waals surface area contributed by atoms with Gasteiger partial charge in [-0.2, -0.15) is 5.10 Å². The zero-order valence-corrected chi connectivity index (χ0v) is 9.57. The fourth-order valence-electron chi connectivity index (χ4n) is 1.67. The average molecular weight is 222 g/mol. The van der Waals surface area contributed by atoms with Gasteiger partial charge in [0, 0.05) is 19.1 Å². The van der Waals surface area contributed by atoms with E-state index in [1.54, 1.807) is 0 Å². The molecule has 5 heteroatoms. The van der Waals surface area contributed by atoms with Gasteiger partial charge in [-0.05, 0) is 25.5 Å². The summed E-state index contributed by atoms with van der Waals surface area (Å²) in [5, 5.41) is 14.7. The Morgan fingerprint density at radius 3 is 3.12 bits per heavy atom. The molecule has 2 rings (SSSR count). The molecule has 16 heavy (non-hydrogen) atoms. The van der Waals surface area contributed by atoms with Crippen LogP contribution in [0.4, 0.5) is 5.82 Å². The van der Waals surface area contributed by atoms with Crippen LogP contribution in [0.1, 0.15) is 12.1 Å². The summed E-state index contributed by atoms with van der Waals surface area (Å²) in [6.07, 6.45) is 1.04. The lowest BCUT2D eigenvalue weighted by atomic mass is 10.2. The van der Waals surface area contributed by atoms with Crippen molar-refractivity contribution in [1.29, 1.82) is 0 Å². The highest BCUT2D eigenvalue weighted by Gasteiger charge is 2.11. The predicted molar refractivity (Wildman–Crippen MR) is 62.5 cm³/mol. The molecule has 1 fully saturated rings. The summed E-state index contributed by atoms with van der Waals surface area (Å²) >= 11 is 0. The summed E-state index contributed by atoms with van der Waals surface area (Å²) in [5.41, 5.74) is 0.938. The van der Waals surface area contributed by atoms with Crippen LogP contribution >= 0.6 is 0 Å². The molecule has 0 aromatic carbocycles. The first-order valence-corrected chi connectivity index (χ1v) is 5.70. The minimum absolute atomic E-state index is 0.458. The lowest BCUT2D eigenvalue weighted by Crippen LogP contribution is -2.42. The highest BCUT2D eigenvalue weighted by molar-refractivity contribution is 5.32. The molecule has 0 amide bonds. The molecule has 0 spiro atoms. The van der Waals surface area contributed by atoms with E-state index in [-0.39, 0.29) is 0 Å². The zero-order valence-electron chi connectivity index (χ0n) is 9.57. The Kier molecular flexibility index (Phi) is 4.07. The Hall–Kier alpha value is -1.20. The SMILES string of the molecule is Cc1ccc(NCCC2COCCN2)nn1. The van der Waals surface area contributed by atoms with Crippen LogP contribution < -0.4 is 10.6 Å². The van der Waals surface area contributed by atoms with Crippen LogP contribution in [0, 0.1) is 6.92 Å². The number of ether oxygens (including phenoxy) is 1. The normalized spacial score (nSPS) is 20.7. The van der Waals surface area contributed by atoms with Crippen molar-refractivity contribution in [2.24, 2.45) is 0 Å². The van der Waals surface area contributed by atoms with Crippen molar-refractivity contribution in [3.05, 3.63) is 17.8 Å². The number of nitrogens with zero attached hydrogens (tertiary/aromatic N) is 2. The van der Waals surface area contributed by atoms with E-state index in [4.69, 9.17) is 4.74 Å². The van der Waals surface area contributed by atoms with Crippen LogP contribution in [0.2, 0.25) is 0 Å². The molecule has 0 saturated carbocycles. The molecular formula is C11H18N4O. The quantitative estimate of drug-likeness (QED) is 0.780. The lowest BCUT2D eigenvalue weighted by molar-refractivity contribution is 0.0753. The number of nitrogens with one attached hydrogen (secondary N) is 2. The van der Waals surface area contributed by atoms with E-state index in [9.17, 15) is 0 Å². The van der Waals surface area contributed by atoms with Gasteiger partial charge in [-0.15, -0.1) is 5.10 Å². The molecule has 2 N–H and O–H groups in total. The molecule has 2 heterocycles. The second kappa shape index (κ2) is 5.77. The molecule has 5 nitrogen and oxygen atoms in total. The Morgan fingerprint density at radius 2 is 2.44 bits per heavy atom. The van der Waals surface area contributed by atoms with Gasteiger partial charge in [-0.25, -0.2) is 0 Å². The van der Waals surface area contributed by atoms with Gasteiger partial charge in [0.1, 0.15) is 5.82 Å². The van der Waals surface area contributed by atoms with E-state index in [0.29, 0.717) is 6.04 Å². The van der Waals surface area contributed by atoms with Crippen LogP contribution in [0.5, 0.6) is 0 Å². The summed E-state index contributed by atoms with van der Waals surface area (Å²) in [4.78, 5) is 0. The van der Waals surface area contributed by atoms with Crippen molar-refractivity contribution < 1.29 is 4.74 Å². The van der Waals surface area contributed by atoms with Crippen molar-refractivity contribution in [2.45, 2.75) is 19.4 Å². The fourth-order valence-corrected chi connectivity index (χ4v) is 1.67. The van der Waals surface area contributed by atoms with Crippen LogP contribution in [-0.2, 0) is 4.74 Å². The number of aryl methyl sites for hydroxylation is 1. The molecule has 0 radical (unpaired) electrons. The van der Waals surface area contributed by atoms with Gasteiger partial charge in [-0.3, -0.25) is 0 Å². The summed E-state index contributed by atoms with van der Waals surface area (Å²) < 4.78 is 5.38. The van der Waals surface area contributed by atoms with E-state index < -0.39 is 0 Å². The second-order valence-electron chi connectivity index (χ2n) is 4.00. The maximum Gasteiger partial charge on any atom is 0.148 e. The third-order valence-corrected chi connectivity index (χ3v) is 2.60. The van der Waals surface area contributed by atoms with Gasteiger partial charge in [0.2, 0.25) is 0 Å². The minimum atomic E-state index is 0.458. The molecule has 1 aliphatic rings. The van der Waals surface area contributed by atoms with E-state index in [1.807, 2.05) is 19.1 Å². The Labute approximate surface area is 95.6 Å². The fraction of sp³-hybridized carbons (Fsp3) is 0.636. The Balaban J connectivity index is 1.69. The standard InChI is InChI=1S/C11H18N4O/c1-9-2-3-11(15-14-9)13-5-4-10-8-16-7-6-12-10/h2-3,10,12H,4-8H2,1H3,(H,13,15). The number of hydrogen-bond acceptors (Lipinski definition) is 5. The lowest BCUT2D eigenvalue weighted by Gasteiger charge is -2.23. The third-order valence-electron chi connectivity index (χ3n) is 2.60. The summed E-state index contributed by atoms with van der Waals surface area (Å²) in [7, 11) is 0. The highest BCUT2D eigenvalue weighted by atomic mass is 16.5. The number of aromatic nitrogens is 2. The molecule has 88 valence electrons. The van der Waals surface area contributed by atoms with Gasteiger partial charge in [0.15, 0.2) is 0 Å². The van der Waals surface area contributed by atoms with E-state index in [2.05, 4.69) is 20.8 Å². The van der Waals surface area contributed by atoms with Gasteiger partial charge >= 0.3 is 0 Å². The largest absolute Gasteiger partial charge is 0.379 e. The van der Waals surface area contributed by atoms with Gasteiger partial charge in [0.25, 0.3) is 0 Å². The van der Waals surface area contributed by atoms with Gasteiger partial charge in [-0.1, -0.05) is 0 Å². The van der Waals surface area contributed by atoms with Crippen LogP contribution in [-0.4, -0.2) is 42.5 Å². The van der Waals surface area contributed by atoms with E-state index >= 15 is 0 Å². The number of morpholine rings is 1. The maximum absolute atomic E-state index is 5.38. The maximum atomic E-state index is 5.38. The van der Waals surface area contributed by atoms with Crippen molar-refractivity contribution in [1.82, 2.24) is 15.5 Å². The molecule has 0 bridgehead atoms.